The van der Waals surface area contributed by atoms with Crippen molar-refractivity contribution in [1.82, 2.24) is 20.5 Å². The predicted octanol–water partition coefficient (Wildman–Crippen LogP) is 0.349. The molecule has 4 N–H and O–H groups in total. The van der Waals surface area contributed by atoms with E-state index < -0.39 is 17.7 Å². The van der Waals surface area contributed by atoms with Crippen molar-refractivity contribution in [2.75, 3.05) is 0 Å². The molecule has 7 nitrogen and oxygen atoms in total. The molecule has 100 valence electrons. The van der Waals surface area contributed by atoms with Crippen LogP contribution in [-0.2, 0) is 16.1 Å². The largest absolute Gasteiger partial charge is 0.369 e. The maximum absolute atomic E-state index is 11.6. The van der Waals surface area contributed by atoms with Crippen molar-refractivity contribution in [2.24, 2.45) is 11.7 Å². The SMILES string of the molecule is C[C@@H](C(N)=O)C(=O)NCc1cnc2n[nH]c(Cl)c2c1. The van der Waals surface area contributed by atoms with Crippen LogP contribution in [0.3, 0.4) is 0 Å². The number of pyridine rings is 1. The van der Waals surface area contributed by atoms with Crippen LogP contribution in [0.1, 0.15) is 12.5 Å². The fourth-order valence-electron chi connectivity index (χ4n) is 1.48. The Bertz CT molecular complexity index is 639. The second kappa shape index (κ2) is 5.23. The molecule has 2 heterocycles. The molecule has 0 saturated heterocycles. The smallest absolute Gasteiger partial charge is 0.232 e. The number of carbonyl (C=O) groups is 2. The average molecular weight is 282 g/mol. The number of nitrogens with one attached hydrogen (secondary N) is 2. The maximum Gasteiger partial charge on any atom is 0.232 e. The van der Waals surface area contributed by atoms with Crippen molar-refractivity contribution in [3.8, 4) is 0 Å². The number of aromatic nitrogens is 3. The fourth-order valence-corrected chi connectivity index (χ4v) is 1.66. The van der Waals surface area contributed by atoms with Crippen LogP contribution in [0.4, 0.5) is 0 Å². The van der Waals surface area contributed by atoms with Crippen molar-refractivity contribution in [3.63, 3.8) is 0 Å². The van der Waals surface area contributed by atoms with E-state index in [2.05, 4.69) is 20.5 Å². The van der Waals surface area contributed by atoms with E-state index in [-0.39, 0.29) is 6.54 Å². The number of primary amides is 1. The molecule has 19 heavy (non-hydrogen) atoms. The number of rotatable bonds is 4. The van der Waals surface area contributed by atoms with Gasteiger partial charge in [0, 0.05) is 12.7 Å². The lowest BCUT2D eigenvalue weighted by molar-refractivity contribution is -0.132. The van der Waals surface area contributed by atoms with Crippen LogP contribution in [0.2, 0.25) is 5.15 Å². The Morgan fingerprint density at radius 1 is 1.58 bits per heavy atom. The predicted molar refractivity (Wildman–Crippen MR) is 69.1 cm³/mol. The van der Waals surface area contributed by atoms with E-state index in [0.717, 1.165) is 5.56 Å². The molecule has 0 fully saturated rings. The molecule has 0 aliphatic rings. The van der Waals surface area contributed by atoms with Crippen LogP contribution >= 0.6 is 11.6 Å². The zero-order valence-electron chi connectivity index (χ0n) is 10.1. The number of carbonyl (C=O) groups excluding carboxylic acids is 2. The van der Waals surface area contributed by atoms with Gasteiger partial charge in [-0.05, 0) is 18.6 Å². The summed E-state index contributed by atoms with van der Waals surface area (Å²) in [6.07, 6.45) is 1.58. The molecule has 8 heteroatoms. The lowest BCUT2D eigenvalue weighted by Gasteiger charge is -2.08. The first-order valence-electron chi connectivity index (χ1n) is 5.54. The Kier molecular flexibility index (Phi) is 3.66. The summed E-state index contributed by atoms with van der Waals surface area (Å²) < 4.78 is 0. The Labute approximate surface area is 113 Å². The van der Waals surface area contributed by atoms with Crippen LogP contribution in [-0.4, -0.2) is 27.0 Å². The molecule has 0 aliphatic carbocycles. The van der Waals surface area contributed by atoms with Gasteiger partial charge in [-0.1, -0.05) is 11.6 Å². The van der Waals surface area contributed by atoms with Gasteiger partial charge in [0.25, 0.3) is 0 Å². The molecule has 0 spiro atoms. The minimum Gasteiger partial charge on any atom is -0.369 e. The van der Waals surface area contributed by atoms with Crippen LogP contribution in [0.5, 0.6) is 0 Å². The molecular formula is C11H12ClN5O2. The number of nitrogens with zero attached hydrogens (tertiary/aromatic N) is 2. The van der Waals surface area contributed by atoms with Gasteiger partial charge in [0.15, 0.2) is 5.65 Å². The van der Waals surface area contributed by atoms with Crippen LogP contribution < -0.4 is 11.1 Å². The van der Waals surface area contributed by atoms with Crippen molar-refractivity contribution in [1.29, 1.82) is 0 Å². The van der Waals surface area contributed by atoms with Gasteiger partial charge in [-0.15, -0.1) is 0 Å². The third-order valence-electron chi connectivity index (χ3n) is 2.71. The highest BCUT2D eigenvalue weighted by atomic mass is 35.5. The molecule has 0 saturated carbocycles. The molecule has 0 radical (unpaired) electrons. The summed E-state index contributed by atoms with van der Waals surface area (Å²) in [5.74, 6) is -1.95. The highest BCUT2D eigenvalue weighted by Crippen LogP contribution is 2.19. The van der Waals surface area contributed by atoms with Crippen molar-refractivity contribution in [3.05, 3.63) is 23.0 Å². The van der Waals surface area contributed by atoms with E-state index >= 15 is 0 Å². The monoisotopic (exact) mass is 281 g/mol. The molecule has 2 amide bonds. The van der Waals surface area contributed by atoms with Crippen molar-refractivity contribution < 1.29 is 9.59 Å². The molecule has 2 rings (SSSR count). The first kappa shape index (κ1) is 13.3. The minimum atomic E-state index is -0.866. The van der Waals surface area contributed by atoms with E-state index in [4.69, 9.17) is 17.3 Å². The minimum absolute atomic E-state index is 0.237. The molecule has 0 aromatic carbocycles. The molecule has 2 aromatic heterocycles. The standard InChI is InChI=1S/C11H12ClN5O2/c1-5(9(13)18)11(19)15-4-6-2-7-8(12)16-17-10(7)14-3-6/h2-3,5H,4H2,1H3,(H2,13,18)(H,15,19)(H,14,16,17)/t5-/m0/s1. The third-order valence-corrected chi connectivity index (χ3v) is 2.99. The van der Waals surface area contributed by atoms with Gasteiger partial charge >= 0.3 is 0 Å². The number of nitrogens with two attached hydrogens (primary N) is 1. The van der Waals surface area contributed by atoms with Gasteiger partial charge in [0.2, 0.25) is 11.8 Å². The lowest BCUT2D eigenvalue weighted by Crippen LogP contribution is -2.36. The second-order valence-corrected chi connectivity index (χ2v) is 4.47. The highest BCUT2D eigenvalue weighted by Gasteiger charge is 2.18. The van der Waals surface area contributed by atoms with Crippen LogP contribution in [0, 0.1) is 5.92 Å². The van der Waals surface area contributed by atoms with Gasteiger partial charge in [-0.25, -0.2) is 4.98 Å². The molecule has 1 atom stereocenters. The summed E-state index contributed by atoms with van der Waals surface area (Å²) in [5, 5.41) is 10.2. The zero-order chi connectivity index (χ0) is 14.0. The Morgan fingerprint density at radius 3 is 3.00 bits per heavy atom. The average Bonchev–Trinajstić information content (AvgIpc) is 2.76. The summed E-state index contributed by atoms with van der Waals surface area (Å²) in [6.45, 7) is 1.69. The van der Waals surface area contributed by atoms with E-state index in [0.29, 0.717) is 16.2 Å². The van der Waals surface area contributed by atoms with E-state index in [1.807, 2.05) is 0 Å². The lowest BCUT2D eigenvalue weighted by atomic mass is 10.1. The highest BCUT2D eigenvalue weighted by molar-refractivity contribution is 6.34. The van der Waals surface area contributed by atoms with Crippen LogP contribution in [0.15, 0.2) is 12.3 Å². The Hall–Kier alpha value is -2.15. The number of hydrogen-bond acceptors (Lipinski definition) is 4. The molecular weight excluding hydrogens is 270 g/mol. The van der Waals surface area contributed by atoms with Gasteiger partial charge in [0.05, 0.1) is 5.39 Å². The first-order chi connectivity index (χ1) is 8.99. The number of aromatic amines is 1. The number of H-pyrrole nitrogens is 1. The fraction of sp³-hybridized carbons (Fsp3) is 0.273. The summed E-state index contributed by atoms with van der Waals surface area (Å²) in [6, 6.07) is 1.77. The quantitative estimate of drug-likeness (QED) is 0.702. The summed E-state index contributed by atoms with van der Waals surface area (Å²) in [4.78, 5) is 26.5. The summed E-state index contributed by atoms with van der Waals surface area (Å²) in [5.41, 5.74) is 6.30. The second-order valence-electron chi connectivity index (χ2n) is 4.09. The topological polar surface area (TPSA) is 114 Å². The van der Waals surface area contributed by atoms with Crippen LogP contribution in [0.25, 0.3) is 11.0 Å². The molecule has 0 unspecified atom stereocenters. The van der Waals surface area contributed by atoms with Gasteiger partial charge in [-0.2, -0.15) is 5.10 Å². The normalized spacial score (nSPS) is 12.3. The van der Waals surface area contributed by atoms with Gasteiger partial charge in [0.1, 0.15) is 11.1 Å². The van der Waals surface area contributed by atoms with E-state index in [1.165, 1.54) is 6.92 Å². The molecule has 2 aromatic rings. The zero-order valence-corrected chi connectivity index (χ0v) is 10.9. The summed E-state index contributed by atoms with van der Waals surface area (Å²) in [7, 11) is 0. The van der Waals surface area contributed by atoms with E-state index in [1.54, 1.807) is 12.3 Å². The van der Waals surface area contributed by atoms with E-state index in [9.17, 15) is 9.59 Å². The maximum atomic E-state index is 11.6. The number of fused-ring (bicyclic) bond motifs is 1. The number of amides is 2. The number of halogens is 1. The first-order valence-corrected chi connectivity index (χ1v) is 5.92. The number of hydrogen-bond donors (Lipinski definition) is 3. The van der Waals surface area contributed by atoms with Gasteiger partial charge in [-0.3, -0.25) is 14.7 Å². The third kappa shape index (κ3) is 2.82. The van der Waals surface area contributed by atoms with Gasteiger partial charge < -0.3 is 11.1 Å². The Morgan fingerprint density at radius 2 is 2.32 bits per heavy atom. The summed E-state index contributed by atoms with van der Waals surface area (Å²) >= 11 is 5.89. The van der Waals surface area contributed by atoms with Crippen molar-refractivity contribution in [2.45, 2.75) is 13.5 Å². The molecule has 0 aliphatic heterocycles. The van der Waals surface area contributed by atoms with Crippen molar-refractivity contribution >= 4 is 34.4 Å². The Balaban J connectivity index is 2.07. The molecule has 0 bridgehead atoms.